The Kier molecular flexibility index (Phi) is 7.95. The smallest absolute Gasteiger partial charge is 0.255 e. The van der Waals surface area contributed by atoms with Crippen LogP contribution < -0.4 is 0 Å². The number of piperazine rings is 1. The van der Waals surface area contributed by atoms with Crippen molar-refractivity contribution in [1.29, 1.82) is 0 Å². The van der Waals surface area contributed by atoms with E-state index in [0.717, 1.165) is 5.56 Å². The number of halogens is 1. The van der Waals surface area contributed by atoms with Gasteiger partial charge in [-0.15, -0.1) is 0 Å². The fourth-order valence-electron chi connectivity index (χ4n) is 5.89. The van der Waals surface area contributed by atoms with E-state index in [4.69, 9.17) is 11.6 Å². The van der Waals surface area contributed by atoms with E-state index in [-0.39, 0.29) is 27.4 Å². The Labute approximate surface area is 246 Å². The van der Waals surface area contributed by atoms with Gasteiger partial charge in [0.15, 0.2) is 0 Å². The molecule has 0 radical (unpaired) electrons. The number of carbonyl (C=O) groups is 1. The number of carbonyl (C=O) groups excluding carboxylic acids is 1. The number of hydrogen-bond donors (Lipinski definition) is 0. The predicted octanol–water partition coefficient (Wildman–Crippen LogP) is 5.63. The molecule has 1 fully saturated rings. The van der Waals surface area contributed by atoms with Crippen molar-refractivity contribution in [1.82, 2.24) is 14.1 Å². The van der Waals surface area contributed by atoms with Crippen LogP contribution in [0.2, 0.25) is 5.02 Å². The van der Waals surface area contributed by atoms with Gasteiger partial charge < -0.3 is 4.90 Å². The number of sulfonamides is 1. The second kappa shape index (κ2) is 11.8. The van der Waals surface area contributed by atoms with Gasteiger partial charge in [0.2, 0.25) is 10.0 Å². The van der Waals surface area contributed by atoms with Crippen LogP contribution in [-0.2, 0) is 23.0 Å². The second-order valence-corrected chi connectivity index (χ2v) is 12.9. The van der Waals surface area contributed by atoms with E-state index in [2.05, 4.69) is 53.4 Å². The molecular formula is C33H32ClN3O3S. The minimum absolute atomic E-state index is 0.0846. The van der Waals surface area contributed by atoms with E-state index >= 15 is 0 Å². The summed E-state index contributed by atoms with van der Waals surface area (Å²) in [7, 11) is -3.79. The molecule has 2 aliphatic rings. The summed E-state index contributed by atoms with van der Waals surface area (Å²) in [5.74, 6) is -0.244. The highest BCUT2D eigenvalue weighted by Gasteiger charge is 2.32. The quantitative estimate of drug-likeness (QED) is 0.294. The molecule has 210 valence electrons. The van der Waals surface area contributed by atoms with Gasteiger partial charge in [-0.25, -0.2) is 8.42 Å². The SMILES string of the molecule is O=C(c1cc(S(=O)(=O)N2CCc3ccccc3C2)ccc1Cl)N1CCN(C(c2ccccc2)c2ccccc2)CC1. The molecule has 1 amide bonds. The highest BCUT2D eigenvalue weighted by Crippen LogP contribution is 2.31. The minimum atomic E-state index is -3.79. The molecule has 0 unspecified atom stereocenters. The molecule has 0 N–H and O–H groups in total. The molecule has 4 aromatic carbocycles. The molecule has 1 saturated heterocycles. The fraction of sp³-hybridized carbons (Fsp3) is 0.242. The number of fused-ring (bicyclic) bond motifs is 1. The number of hydrogen-bond acceptors (Lipinski definition) is 4. The Morgan fingerprint density at radius 2 is 1.29 bits per heavy atom. The van der Waals surface area contributed by atoms with Crippen molar-refractivity contribution in [3.63, 3.8) is 0 Å². The first-order valence-electron chi connectivity index (χ1n) is 13.9. The third-order valence-corrected chi connectivity index (χ3v) is 10.3. The van der Waals surface area contributed by atoms with Gasteiger partial charge in [-0.05, 0) is 46.9 Å². The molecule has 0 atom stereocenters. The second-order valence-electron chi connectivity index (χ2n) is 10.6. The molecule has 6 rings (SSSR count). The Hall–Kier alpha value is -3.49. The monoisotopic (exact) mass is 585 g/mol. The van der Waals surface area contributed by atoms with Crippen LogP contribution in [0.15, 0.2) is 108 Å². The lowest BCUT2D eigenvalue weighted by molar-refractivity contribution is 0.0597. The van der Waals surface area contributed by atoms with Gasteiger partial charge in [-0.1, -0.05) is 96.5 Å². The van der Waals surface area contributed by atoms with Crippen molar-refractivity contribution in [2.24, 2.45) is 0 Å². The topological polar surface area (TPSA) is 60.9 Å². The lowest BCUT2D eigenvalue weighted by Crippen LogP contribution is -2.50. The zero-order valence-corrected chi connectivity index (χ0v) is 24.3. The maximum atomic E-state index is 13.7. The standard InChI is InChI=1S/C33H32ClN3O3S/c34-31-16-15-29(41(39,40)37-18-17-25-9-7-8-14-28(25)24-37)23-30(31)33(38)36-21-19-35(20-22-36)32(26-10-3-1-4-11-26)27-12-5-2-6-13-27/h1-16,23,32H,17-22,24H2. The predicted molar refractivity (Wildman–Crippen MR) is 161 cm³/mol. The van der Waals surface area contributed by atoms with Crippen molar-refractivity contribution < 1.29 is 13.2 Å². The van der Waals surface area contributed by atoms with Gasteiger partial charge in [-0.3, -0.25) is 9.69 Å². The molecule has 4 aromatic rings. The van der Waals surface area contributed by atoms with E-state index in [9.17, 15) is 13.2 Å². The van der Waals surface area contributed by atoms with Gasteiger partial charge >= 0.3 is 0 Å². The fourth-order valence-corrected chi connectivity index (χ4v) is 7.54. The Morgan fingerprint density at radius 1 is 0.707 bits per heavy atom. The molecular weight excluding hydrogens is 554 g/mol. The molecule has 0 saturated carbocycles. The summed E-state index contributed by atoms with van der Waals surface area (Å²) in [4.78, 5) is 17.9. The zero-order chi connectivity index (χ0) is 28.4. The van der Waals surface area contributed by atoms with E-state index in [1.54, 1.807) is 4.90 Å². The lowest BCUT2D eigenvalue weighted by atomic mass is 9.96. The summed E-state index contributed by atoms with van der Waals surface area (Å²) < 4.78 is 28.7. The van der Waals surface area contributed by atoms with Gasteiger partial charge in [-0.2, -0.15) is 4.31 Å². The van der Waals surface area contributed by atoms with Crippen LogP contribution in [0.1, 0.15) is 38.7 Å². The third-order valence-electron chi connectivity index (χ3n) is 8.10. The summed E-state index contributed by atoms with van der Waals surface area (Å²) >= 11 is 6.49. The Bertz CT molecular complexity index is 1600. The molecule has 2 aliphatic heterocycles. The molecule has 0 spiro atoms. The molecule has 41 heavy (non-hydrogen) atoms. The maximum Gasteiger partial charge on any atom is 0.255 e. The van der Waals surface area contributed by atoms with E-state index in [1.807, 2.05) is 36.4 Å². The molecule has 6 nitrogen and oxygen atoms in total. The largest absolute Gasteiger partial charge is 0.336 e. The van der Waals surface area contributed by atoms with Gasteiger partial charge in [0.1, 0.15) is 0 Å². The van der Waals surface area contributed by atoms with E-state index in [0.29, 0.717) is 45.7 Å². The van der Waals surface area contributed by atoms with Crippen molar-refractivity contribution in [3.8, 4) is 0 Å². The molecule has 0 bridgehead atoms. The number of amides is 1. The highest BCUT2D eigenvalue weighted by atomic mass is 35.5. The average Bonchev–Trinajstić information content (AvgIpc) is 3.02. The Morgan fingerprint density at radius 3 is 1.93 bits per heavy atom. The first-order chi connectivity index (χ1) is 19.9. The molecule has 2 heterocycles. The third kappa shape index (κ3) is 5.68. The number of nitrogens with zero attached hydrogens (tertiary/aromatic N) is 3. The zero-order valence-electron chi connectivity index (χ0n) is 22.7. The first-order valence-corrected chi connectivity index (χ1v) is 15.7. The normalized spacial score (nSPS) is 16.5. The molecule has 8 heteroatoms. The first kappa shape index (κ1) is 27.7. The van der Waals surface area contributed by atoms with Crippen LogP contribution in [0.25, 0.3) is 0 Å². The molecule has 0 aromatic heterocycles. The number of rotatable bonds is 6. The van der Waals surface area contributed by atoms with Crippen LogP contribution in [0, 0.1) is 0 Å². The van der Waals surface area contributed by atoms with Crippen LogP contribution in [0.3, 0.4) is 0 Å². The summed E-state index contributed by atoms with van der Waals surface area (Å²) in [6.45, 7) is 3.12. The van der Waals surface area contributed by atoms with Crippen molar-refractivity contribution in [2.45, 2.75) is 23.9 Å². The van der Waals surface area contributed by atoms with E-state index in [1.165, 1.54) is 39.2 Å². The van der Waals surface area contributed by atoms with Crippen molar-refractivity contribution in [2.75, 3.05) is 32.7 Å². The van der Waals surface area contributed by atoms with E-state index < -0.39 is 10.0 Å². The summed E-state index contributed by atoms with van der Waals surface area (Å²) in [6.07, 6.45) is 0.659. The summed E-state index contributed by atoms with van der Waals surface area (Å²) in [6, 6.07) is 33.3. The van der Waals surface area contributed by atoms with Crippen LogP contribution in [0.5, 0.6) is 0 Å². The summed E-state index contributed by atoms with van der Waals surface area (Å²) in [5.41, 5.74) is 4.82. The van der Waals surface area contributed by atoms with Crippen LogP contribution in [-0.4, -0.2) is 61.2 Å². The van der Waals surface area contributed by atoms with Crippen molar-refractivity contribution in [3.05, 3.63) is 136 Å². The molecule has 0 aliphatic carbocycles. The van der Waals surface area contributed by atoms with Crippen LogP contribution in [0.4, 0.5) is 0 Å². The van der Waals surface area contributed by atoms with Gasteiger partial charge in [0.05, 0.1) is 21.5 Å². The minimum Gasteiger partial charge on any atom is -0.336 e. The average molecular weight is 586 g/mol. The Balaban J connectivity index is 1.19. The number of benzene rings is 4. The van der Waals surface area contributed by atoms with Gasteiger partial charge in [0, 0.05) is 39.3 Å². The van der Waals surface area contributed by atoms with Gasteiger partial charge in [0.25, 0.3) is 5.91 Å². The maximum absolute atomic E-state index is 13.7. The highest BCUT2D eigenvalue weighted by molar-refractivity contribution is 7.89. The lowest BCUT2D eigenvalue weighted by Gasteiger charge is -2.40. The van der Waals surface area contributed by atoms with Crippen molar-refractivity contribution >= 4 is 27.5 Å². The van der Waals surface area contributed by atoms with Crippen LogP contribution >= 0.6 is 11.6 Å². The summed E-state index contributed by atoms with van der Waals surface area (Å²) in [5, 5.41) is 0.256.